The van der Waals surface area contributed by atoms with Crippen LogP contribution in [0.2, 0.25) is 0 Å². The van der Waals surface area contributed by atoms with E-state index in [-0.39, 0.29) is 17.5 Å². The van der Waals surface area contributed by atoms with Crippen molar-refractivity contribution in [2.24, 2.45) is 11.1 Å². The third kappa shape index (κ3) is 3.64. The summed E-state index contributed by atoms with van der Waals surface area (Å²) in [6, 6.07) is 3.39. The van der Waals surface area contributed by atoms with Crippen LogP contribution in [0.15, 0.2) is 23.1 Å². The van der Waals surface area contributed by atoms with Crippen molar-refractivity contribution in [2.45, 2.75) is 44.0 Å². The Balaban J connectivity index is 2.31. The van der Waals surface area contributed by atoms with Crippen molar-refractivity contribution in [3.05, 3.63) is 29.6 Å². The lowest BCUT2D eigenvalue weighted by Crippen LogP contribution is -2.39. The van der Waals surface area contributed by atoms with Gasteiger partial charge in [0, 0.05) is 18.2 Å². The largest absolute Gasteiger partial charge is 0.336 e. The summed E-state index contributed by atoms with van der Waals surface area (Å²) in [5, 5.41) is 4.92. The van der Waals surface area contributed by atoms with Crippen molar-refractivity contribution in [2.75, 3.05) is 6.54 Å². The van der Waals surface area contributed by atoms with Gasteiger partial charge in [-0.25, -0.2) is 17.9 Å². The molecule has 1 amide bonds. The van der Waals surface area contributed by atoms with Crippen LogP contribution < -0.4 is 5.14 Å². The number of rotatable bonds is 2. The number of primary sulfonamides is 1. The first kappa shape index (κ1) is 16.9. The fraction of sp³-hybridized carbons (Fsp3) is 0.533. The molecule has 122 valence electrons. The highest BCUT2D eigenvalue weighted by atomic mass is 32.2. The Kier molecular flexibility index (Phi) is 4.87. The van der Waals surface area contributed by atoms with Crippen molar-refractivity contribution in [1.82, 2.24) is 4.90 Å². The molecule has 2 N–H and O–H groups in total. The number of benzene rings is 1. The predicted molar refractivity (Wildman–Crippen MR) is 81.3 cm³/mol. The van der Waals surface area contributed by atoms with Crippen molar-refractivity contribution in [3.8, 4) is 0 Å². The van der Waals surface area contributed by atoms with E-state index < -0.39 is 20.7 Å². The third-order valence-corrected chi connectivity index (χ3v) is 5.05. The van der Waals surface area contributed by atoms with Crippen LogP contribution in [0.25, 0.3) is 0 Å². The van der Waals surface area contributed by atoms with Crippen LogP contribution in [-0.2, 0) is 10.0 Å². The molecule has 2 rings (SSSR count). The van der Waals surface area contributed by atoms with Gasteiger partial charge in [-0.1, -0.05) is 13.3 Å². The molecule has 7 heteroatoms. The number of carbonyl (C=O) groups is 1. The summed E-state index contributed by atoms with van der Waals surface area (Å²) in [5.41, 5.74) is 0.144. The average Bonchev–Trinajstić information content (AvgIpc) is 2.58. The maximum absolute atomic E-state index is 13.9. The summed E-state index contributed by atoms with van der Waals surface area (Å²) in [6.45, 7) is 4.69. The second kappa shape index (κ2) is 6.34. The van der Waals surface area contributed by atoms with E-state index in [1.165, 1.54) is 6.07 Å². The maximum Gasteiger partial charge on any atom is 0.254 e. The molecule has 5 nitrogen and oxygen atoms in total. The SMILES string of the molecule is C[C@@H]1CCC[C@@H](C)N(C(=O)c2ccc(S(N)(=O)=O)c(F)c2)C1. The molecule has 2 atom stereocenters. The van der Waals surface area contributed by atoms with Crippen molar-refractivity contribution < 1.29 is 17.6 Å². The van der Waals surface area contributed by atoms with E-state index in [9.17, 15) is 17.6 Å². The Morgan fingerprint density at radius 1 is 1.32 bits per heavy atom. The molecule has 22 heavy (non-hydrogen) atoms. The van der Waals surface area contributed by atoms with Crippen molar-refractivity contribution >= 4 is 15.9 Å². The topological polar surface area (TPSA) is 80.5 Å². The number of sulfonamides is 1. The van der Waals surface area contributed by atoms with Crippen LogP contribution in [0.3, 0.4) is 0 Å². The first-order valence-corrected chi connectivity index (χ1v) is 8.88. The van der Waals surface area contributed by atoms with Crippen LogP contribution in [0, 0.1) is 11.7 Å². The molecule has 0 radical (unpaired) electrons. The Hall–Kier alpha value is -1.47. The number of nitrogens with two attached hydrogens (primary N) is 1. The molecule has 1 aliphatic rings. The fourth-order valence-electron chi connectivity index (χ4n) is 2.84. The van der Waals surface area contributed by atoms with Crippen LogP contribution in [-0.4, -0.2) is 31.8 Å². The van der Waals surface area contributed by atoms with E-state index in [0.717, 1.165) is 31.4 Å². The summed E-state index contributed by atoms with van der Waals surface area (Å²) in [4.78, 5) is 13.7. The smallest absolute Gasteiger partial charge is 0.254 e. The highest BCUT2D eigenvalue weighted by molar-refractivity contribution is 7.89. The molecule has 1 saturated heterocycles. The standard InChI is InChI=1S/C15H21FN2O3S/c1-10-4-3-5-11(2)18(9-10)15(19)12-6-7-14(13(16)8-12)22(17,20)21/h6-8,10-11H,3-5,9H2,1-2H3,(H2,17,20,21)/t10-,11-/m1/s1. The molecule has 1 aromatic rings. The maximum atomic E-state index is 13.9. The molecule has 1 aliphatic heterocycles. The number of likely N-dealkylation sites (tertiary alicyclic amines) is 1. The van der Waals surface area contributed by atoms with Gasteiger partial charge in [0.05, 0.1) is 0 Å². The van der Waals surface area contributed by atoms with Crippen LogP contribution in [0.5, 0.6) is 0 Å². The van der Waals surface area contributed by atoms with Gasteiger partial charge < -0.3 is 4.90 Å². The number of carbonyl (C=O) groups excluding carboxylic acids is 1. The molecule has 0 bridgehead atoms. The summed E-state index contributed by atoms with van der Waals surface area (Å²) < 4.78 is 36.3. The zero-order valence-corrected chi connectivity index (χ0v) is 13.6. The summed E-state index contributed by atoms with van der Waals surface area (Å²) in [5.74, 6) is -0.882. The quantitative estimate of drug-likeness (QED) is 0.903. The van der Waals surface area contributed by atoms with Crippen LogP contribution in [0.4, 0.5) is 4.39 Å². The number of hydrogen-bond acceptors (Lipinski definition) is 3. The third-order valence-electron chi connectivity index (χ3n) is 4.11. The zero-order chi connectivity index (χ0) is 16.5. The van der Waals surface area contributed by atoms with Gasteiger partial charge in [-0.05, 0) is 43.9 Å². The highest BCUT2D eigenvalue weighted by Crippen LogP contribution is 2.23. The first-order chi connectivity index (χ1) is 10.2. The van der Waals surface area contributed by atoms with E-state index in [0.29, 0.717) is 12.5 Å². The number of halogens is 1. The first-order valence-electron chi connectivity index (χ1n) is 7.33. The van der Waals surface area contributed by atoms with E-state index in [4.69, 9.17) is 5.14 Å². The summed E-state index contributed by atoms with van der Waals surface area (Å²) in [7, 11) is -4.13. The summed E-state index contributed by atoms with van der Waals surface area (Å²) >= 11 is 0. The van der Waals surface area contributed by atoms with Gasteiger partial charge in [0.2, 0.25) is 10.0 Å². The lowest BCUT2D eigenvalue weighted by molar-refractivity contribution is 0.0677. The minimum absolute atomic E-state index is 0.0819. The van der Waals surface area contributed by atoms with E-state index in [1.807, 2.05) is 6.92 Å². The second-order valence-corrected chi connectivity index (χ2v) is 7.56. The molecule has 1 heterocycles. The number of nitrogens with zero attached hydrogens (tertiary/aromatic N) is 1. The highest BCUT2D eigenvalue weighted by Gasteiger charge is 2.27. The number of amides is 1. The van der Waals surface area contributed by atoms with Gasteiger partial charge in [0.15, 0.2) is 0 Å². The van der Waals surface area contributed by atoms with E-state index >= 15 is 0 Å². The fourth-order valence-corrected chi connectivity index (χ4v) is 3.43. The predicted octanol–water partition coefficient (Wildman–Crippen LogP) is 2.12. The molecule has 1 fully saturated rings. The Bertz CT molecular complexity index is 675. The van der Waals surface area contributed by atoms with E-state index in [1.54, 1.807) is 4.90 Å². The van der Waals surface area contributed by atoms with Gasteiger partial charge in [-0.15, -0.1) is 0 Å². The van der Waals surface area contributed by atoms with Crippen molar-refractivity contribution in [3.63, 3.8) is 0 Å². The molecule has 0 aromatic heterocycles. The second-order valence-electron chi connectivity index (χ2n) is 6.03. The van der Waals surface area contributed by atoms with Gasteiger partial charge >= 0.3 is 0 Å². The molecule has 0 aliphatic carbocycles. The van der Waals surface area contributed by atoms with E-state index in [2.05, 4.69) is 6.92 Å². The van der Waals surface area contributed by atoms with Crippen LogP contribution >= 0.6 is 0 Å². The molecular formula is C15H21FN2O3S. The van der Waals surface area contributed by atoms with Crippen molar-refractivity contribution in [1.29, 1.82) is 0 Å². The lowest BCUT2D eigenvalue weighted by Gasteiger charge is -2.29. The Labute approximate surface area is 130 Å². The monoisotopic (exact) mass is 328 g/mol. The number of hydrogen-bond donors (Lipinski definition) is 1. The minimum Gasteiger partial charge on any atom is -0.336 e. The normalized spacial score (nSPS) is 23.2. The zero-order valence-electron chi connectivity index (χ0n) is 12.8. The van der Waals surface area contributed by atoms with Gasteiger partial charge in [-0.3, -0.25) is 4.79 Å². The molecule has 1 aromatic carbocycles. The van der Waals surface area contributed by atoms with Crippen LogP contribution in [0.1, 0.15) is 43.5 Å². The summed E-state index contributed by atoms with van der Waals surface area (Å²) in [6.07, 6.45) is 3.03. The molecule has 0 spiro atoms. The van der Waals surface area contributed by atoms with Gasteiger partial charge in [-0.2, -0.15) is 0 Å². The van der Waals surface area contributed by atoms with Gasteiger partial charge in [0.1, 0.15) is 10.7 Å². The van der Waals surface area contributed by atoms with Gasteiger partial charge in [0.25, 0.3) is 5.91 Å². The molecule has 0 saturated carbocycles. The Morgan fingerprint density at radius 3 is 2.59 bits per heavy atom. The minimum atomic E-state index is -4.13. The molecule has 0 unspecified atom stereocenters. The average molecular weight is 328 g/mol. The Morgan fingerprint density at radius 2 is 2.00 bits per heavy atom. The molecular weight excluding hydrogens is 307 g/mol. The lowest BCUT2D eigenvalue weighted by atomic mass is 10.1.